The molecule has 0 bridgehead atoms. The highest BCUT2D eigenvalue weighted by molar-refractivity contribution is 6.11. The molecule has 0 fully saturated rings. The molecule has 6 nitrogen and oxygen atoms in total. The van der Waals surface area contributed by atoms with Crippen molar-refractivity contribution in [3.05, 3.63) is 41.5 Å². The third-order valence-corrected chi connectivity index (χ3v) is 2.76. The number of aromatic hydroxyl groups is 4. The summed E-state index contributed by atoms with van der Waals surface area (Å²) >= 11 is 0. The van der Waals surface area contributed by atoms with Crippen LogP contribution in [-0.2, 0) is 0 Å². The van der Waals surface area contributed by atoms with Gasteiger partial charge in [-0.2, -0.15) is 0 Å². The zero-order chi connectivity index (χ0) is 14.9. The number of phenols is 4. The molecule has 0 radical (unpaired) electrons. The standard InChI is InChI=1S/C14H12O6/c1-20-12-3-2-8(15)6-9(12)13(18)7-4-10(16)14(19)11(17)5-7/h2-6,15-17,19H,1H3. The van der Waals surface area contributed by atoms with Crippen LogP contribution in [0.1, 0.15) is 15.9 Å². The van der Waals surface area contributed by atoms with E-state index < -0.39 is 23.0 Å². The molecule has 0 atom stereocenters. The highest BCUT2D eigenvalue weighted by Crippen LogP contribution is 2.36. The molecule has 2 rings (SSSR count). The van der Waals surface area contributed by atoms with Crippen LogP contribution in [0.15, 0.2) is 30.3 Å². The van der Waals surface area contributed by atoms with Crippen LogP contribution in [0.5, 0.6) is 28.7 Å². The molecule has 0 unspecified atom stereocenters. The summed E-state index contributed by atoms with van der Waals surface area (Å²) in [5, 5.41) is 37.5. The lowest BCUT2D eigenvalue weighted by molar-refractivity contribution is 0.103. The van der Waals surface area contributed by atoms with Gasteiger partial charge in [0.25, 0.3) is 0 Å². The predicted octanol–water partition coefficient (Wildman–Crippen LogP) is 1.75. The van der Waals surface area contributed by atoms with Crippen LogP contribution in [0.25, 0.3) is 0 Å². The zero-order valence-corrected chi connectivity index (χ0v) is 10.5. The number of ketones is 1. The van der Waals surface area contributed by atoms with Crippen LogP contribution in [0.3, 0.4) is 0 Å². The van der Waals surface area contributed by atoms with E-state index in [0.29, 0.717) is 0 Å². The largest absolute Gasteiger partial charge is 0.508 e. The second-order valence-corrected chi connectivity index (χ2v) is 4.08. The Balaban J connectivity index is 2.54. The van der Waals surface area contributed by atoms with E-state index in [0.717, 1.165) is 12.1 Å². The van der Waals surface area contributed by atoms with E-state index in [1.807, 2.05) is 0 Å². The number of rotatable bonds is 3. The van der Waals surface area contributed by atoms with Crippen molar-refractivity contribution in [3.63, 3.8) is 0 Å². The lowest BCUT2D eigenvalue weighted by atomic mass is 10.0. The van der Waals surface area contributed by atoms with Crippen molar-refractivity contribution in [2.45, 2.75) is 0 Å². The molecule has 0 aliphatic carbocycles. The summed E-state index contributed by atoms with van der Waals surface area (Å²) in [7, 11) is 1.37. The lowest BCUT2D eigenvalue weighted by Crippen LogP contribution is -2.04. The first-order valence-corrected chi connectivity index (χ1v) is 5.60. The summed E-state index contributed by atoms with van der Waals surface area (Å²) in [4.78, 5) is 12.3. The van der Waals surface area contributed by atoms with Gasteiger partial charge in [-0.05, 0) is 30.3 Å². The zero-order valence-electron chi connectivity index (χ0n) is 10.5. The summed E-state index contributed by atoms with van der Waals surface area (Å²) < 4.78 is 5.02. The van der Waals surface area contributed by atoms with Gasteiger partial charge in [-0.3, -0.25) is 4.79 Å². The second-order valence-electron chi connectivity index (χ2n) is 4.08. The van der Waals surface area contributed by atoms with E-state index in [1.54, 1.807) is 0 Å². The van der Waals surface area contributed by atoms with E-state index in [2.05, 4.69) is 0 Å². The number of ether oxygens (including phenoxy) is 1. The summed E-state index contributed by atoms with van der Waals surface area (Å²) in [6.45, 7) is 0. The molecule has 0 aliphatic heterocycles. The molecule has 0 aromatic heterocycles. The topological polar surface area (TPSA) is 107 Å². The SMILES string of the molecule is COc1ccc(O)cc1C(=O)c1cc(O)c(O)c(O)c1. The molecule has 4 N–H and O–H groups in total. The summed E-state index contributed by atoms with van der Waals surface area (Å²) in [5.74, 6) is -2.41. The Bertz CT molecular complexity index is 654. The van der Waals surface area contributed by atoms with E-state index in [9.17, 15) is 25.2 Å². The summed E-state index contributed by atoms with van der Waals surface area (Å²) in [5.41, 5.74) is 0.0127. The average Bonchev–Trinajstić information content (AvgIpc) is 2.43. The van der Waals surface area contributed by atoms with Crippen LogP contribution >= 0.6 is 0 Å². The Morgan fingerprint density at radius 1 is 1.00 bits per heavy atom. The molecule has 0 spiro atoms. The van der Waals surface area contributed by atoms with Crippen LogP contribution in [0.4, 0.5) is 0 Å². The fourth-order valence-corrected chi connectivity index (χ4v) is 1.76. The molecule has 0 heterocycles. The van der Waals surface area contributed by atoms with Crippen LogP contribution in [-0.4, -0.2) is 33.3 Å². The Morgan fingerprint density at radius 2 is 1.60 bits per heavy atom. The summed E-state index contributed by atoms with van der Waals surface area (Å²) in [6.07, 6.45) is 0. The number of carbonyl (C=O) groups excluding carboxylic acids is 1. The third kappa shape index (κ3) is 2.31. The fraction of sp³-hybridized carbons (Fsp3) is 0.0714. The minimum Gasteiger partial charge on any atom is -0.508 e. The normalized spacial score (nSPS) is 10.2. The highest BCUT2D eigenvalue weighted by Gasteiger charge is 2.18. The van der Waals surface area contributed by atoms with Gasteiger partial charge in [0, 0.05) is 5.56 Å². The number of benzene rings is 2. The second kappa shape index (κ2) is 5.00. The first kappa shape index (κ1) is 13.5. The highest BCUT2D eigenvalue weighted by atomic mass is 16.5. The Labute approximate surface area is 114 Å². The molecule has 0 amide bonds. The monoisotopic (exact) mass is 276 g/mol. The van der Waals surface area contributed by atoms with Gasteiger partial charge in [0.15, 0.2) is 23.0 Å². The Hall–Kier alpha value is -2.89. The maximum Gasteiger partial charge on any atom is 0.200 e. The number of phenolic OH excluding ortho intramolecular Hbond substituents is 4. The maximum absolute atomic E-state index is 12.3. The van der Waals surface area contributed by atoms with E-state index in [1.165, 1.54) is 25.3 Å². The van der Waals surface area contributed by atoms with Gasteiger partial charge in [-0.15, -0.1) is 0 Å². The minimum absolute atomic E-state index is 0.0540. The Kier molecular flexibility index (Phi) is 3.39. The van der Waals surface area contributed by atoms with Crippen molar-refractivity contribution >= 4 is 5.78 Å². The summed E-state index contributed by atoms with van der Waals surface area (Å²) in [6, 6.07) is 6.02. The molecule has 0 saturated heterocycles. The smallest absolute Gasteiger partial charge is 0.200 e. The van der Waals surface area contributed by atoms with E-state index >= 15 is 0 Å². The molecular formula is C14H12O6. The predicted molar refractivity (Wildman–Crippen MR) is 69.5 cm³/mol. The van der Waals surface area contributed by atoms with Gasteiger partial charge in [-0.1, -0.05) is 0 Å². The van der Waals surface area contributed by atoms with Gasteiger partial charge in [0.05, 0.1) is 12.7 Å². The molecule has 2 aromatic rings. The van der Waals surface area contributed by atoms with E-state index in [4.69, 9.17) is 4.74 Å². The van der Waals surface area contributed by atoms with Gasteiger partial charge < -0.3 is 25.2 Å². The molecule has 20 heavy (non-hydrogen) atoms. The molecular weight excluding hydrogens is 264 g/mol. The Morgan fingerprint density at radius 3 is 2.15 bits per heavy atom. The van der Waals surface area contributed by atoms with Crippen molar-refractivity contribution in [3.8, 4) is 28.7 Å². The van der Waals surface area contributed by atoms with Crippen LogP contribution in [0.2, 0.25) is 0 Å². The molecule has 6 heteroatoms. The number of hydrogen-bond acceptors (Lipinski definition) is 6. The van der Waals surface area contributed by atoms with Crippen molar-refractivity contribution in [2.75, 3.05) is 7.11 Å². The van der Waals surface area contributed by atoms with Crippen molar-refractivity contribution in [1.82, 2.24) is 0 Å². The van der Waals surface area contributed by atoms with Crippen molar-refractivity contribution in [2.24, 2.45) is 0 Å². The molecule has 0 aliphatic rings. The molecule has 2 aromatic carbocycles. The van der Waals surface area contributed by atoms with Crippen LogP contribution < -0.4 is 4.74 Å². The maximum atomic E-state index is 12.3. The fourth-order valence-electron chi connectivity index (χ4n) is 1.76. The molecule has 0 saturated carbocycles. The lowest BCUT2D eigenvalue weighted by Gasteiger charge is -2.09. The number of carbonyl (C=O) groups is 1. The van der Waals surface area contributed by atoms with Gasteiger partial charge in [0.2, 0.25) is 0 Å². The average molecular weight is 276 g/mol. The van der Waals surface area contributed by atoms with Crippen LogP contribution in [0, 0.1) is 0 Å². The first-order chi connectivity index (χ1) is 9.43. The molecule has 104 valence electrons. The van der Waals surface area contributed by atoms with Gasteiger partial charge in [0.1, 0.15) is 11.5 Å². The van der Waals surface area contributed by atoms with Gasteiger partial charge >= 0.3 is 0 Å². The first-order valence-electron chi connectivity index (χ1n) is 5.60. The van der Waals surface area contributed by atoms with Crippen molar-refractivity contribution < 1.29 is 30.0 Å². The quantitative estimate of drug-likeness (QED) is 0.502. The third-order valence-electron chi connectivity index (χ3n) is 2.76. The van der Waals surface area contributed by atoms with E-state index in [-0.39, 0.29) is 22.6 Å². The number of methoxy groups -OCH3 is 1. The van der Waals surface area contributed by atoms with Gasteiger partial charge in [-0.25, -0.2) is 0 Å². The minimum atomic E-state index is -0.704. The number of hydrogen-bond donors (Lipinski definition) is 4. The van der Waals surface area contributed by atoms with Crippen molar-refractivity contribution in [1.29, 1.82) is 0 Å².